The smallest absolute Gasteiger partial charge is 0.329 e. The molecule has 0 aromatic heterocycles. The Morgan fingerprint density at radius 3 is 2.29 bits per heavy atom. The van der Waals surface area contributed by atoms with Crippen LogP contribution in [0.3, 0.4) is 0 Å². The van der Waals surface area contributed by atoms with Crippen LogP contribution in [0, 0.1) is 12.7 Å². The number of amides is 2. The van der Waals surface area contributed by atoms with Gasteiger partial charge in [-0.2, -0.15) is 5.10 Å². The second-order valence-corrected chi connectivity index (χ2v) is 6.87. The van der Waals surface area contributed by atoms with Gasteiger partial charge in [-0.25, -0.2) is 9.82 Å². The molecule has 6 nitrogen and oxygen atoms in total. The Morgan fingerprint density at radius 2 is 1.61 bits per heavy atom. The maximum Gasteiger partial charge on any atom is 0.329 e. The Balaban J connectivity index is 1.53. The first-order chi connectivity index (χ1) is 14.9. The fourth-order valence-electron chi connectivity index (χ4n) is 2.63. The summed E-state index contributed by atoms with van der Waals surface area (Å²) in [6.45, 7) is 4.18. The molecule has 7 heteroatoms. The number of hydrogen-bond acceptors (Lipinski definition) is 4. The molecule has 3 aromatic carbocycles. The summed E-state index contributed by atoms with van der Waals surface area (Å²) in [5.41, 5.74) is 5.60. The molecule has 0 unspecified atom stereocenters. The standard InChI is InChI=1S/C24H22FN3O3/c1-16-7-9-18(10-8-16)15-31-20-13-11-19(12-14-20)17(2)27-28-24(30)23(29)26-22-6-4-3-5-21(22)25/h3-14H,15H2,1-2H3,(H,26,29)(H,28,30). The average Bonchev–Trinajstić information content (AvgIpc) is 2.78. The number of anilines is 1. The van der Waals surface area contributed by atoms with Gasteiger partial charge >= 0.3 is 11.8 Å². The van der Waals surface area contributed by atoms with Gasteiger partial charge < -0.3 is 10.1 Å². The number of carbonyl (C=O) groups is 2. The van der Waals surface area contributed by atoms with E-state index in [2.05, 4.69) is 15.8 Å². The topological polar surface area (TPSA) is 79.8 Å². The minimum absolute atomic E-state index is 0.0791. The number of aryl methyl sites for hydroxylation is 1. The summed E-state index contributed by atoms with van der Waals surface area (Å²) in [4.78, 5) is 23.8. The van der Waals surface area contributed by atoms with Crippen molar-refractivity contribution < 1.29 is 18.7 Å². The Morgan fingerprint density at radius 1 is 0.935 bits per heavy atom. The van der Waals surface area contributed by atoms with Crippen molar-refractivity contribution in [2.75, 3.05) is 5.32 Å². The first kappa shape index (κ1) is 21.7. The van der Waals surface area contributed by atoms with Crippen LogP contribution in [0.4, 0.5) is 10.1 Å². The highest BCUT2D eigenvalue weighted by atomic mass is 19.1. The monoisotopic (exact) mass is 419 g/mol. The number of halogens is 1. The zero-order valence-electron chi connectivity index (χ0n) is 17.2. The molecule has 0 radical (unpaired) electrons. The Hall–Kier alpha value is -4.00. The molecule has 158 valence electrons. The summed E-state index contributed by atoms with van der Waals surface area (Å²) in [6.07, 6.45) is 0. The third-order valence-electron chi connectivity index (χ3n) is 4.45. The number of nitrogens with zero attached hydrogens (tertiary/aromatic N) is 1. The molecular weight excluding hydrogens is 397 g/mol. The highest BCUT2D eigenvalue weighted by molar-refractivity contribution is 6.39. The van der Waals surface area contributed by atoms with E-state index in [1.165, 1.54) is 23.8 Å². The summed E-state index contributed by atoms with van der Waals surface area (Å²) in [5.74, 6) is -1.94. The molecule has 0 aliphatic heterocycles. The molecule has 0 fully saturated rings. The van der Waals surface area contributed by atoms with Gasteiger partial charge in [0.1, 0.15) is 18.2 Å². The molecule has 0 atom stereocenters. The summed E-state index contributed by atoms with van der Waals surface area (Å²) < 4.78 is 19.3. The predicted molar refractivity (Wildman–Crippen MR) is 117 cm³/mol. The quantitative estimate of drug-likeness (QED) is 0.357. The zero-order chi connectivity index (χ0) is 22.2. The third kappa shape index (κ3) is 6.24. The number of ether oxygens (including phenoxy) is 1. The Bertz CT molecular complexity index is 1090. The molecule has 0 heterocycles. The van der Waals surface area contributed by atoms with Crippen LogP contribution in [0.1, 0.15) is 23.6 Å². The zero-order valence-corrected chi connectivity index (χ0v) is 17.2. The van der Waals surface area contributed by atoms with Crippen LogP contribution >= 0.6 is 0 Å². The van der Waals surface area contributed by atoms with Crippen LogP contribution in [-0.2, 0) is 16.2 Å². The lowest BCUT2D eigenvalue weighted by molar-refractivity contribution is -0.136. The van der Waals surface area contributed by atoms with Gasteiger partial charge in [0.05, 0.1) is 11.4 Å². The molecule has 0 bridgehead atoms. The molecule has 2 amide bonds. The number of rotatable bonds is 6. The minimum Gasteiger partial charge on any atom is -0.489 e. The molecule has 31 heavy (non-hydrogen) atoms. The van der Waals surface area contributed by atoms with Crippen molar-refractivity contribution in [2.24, 2.45) is 5.10 Å². The highest BCUT2D eigenvalue weighted by Crippen LogP contribution is 2.15. The van der Waals surface area contributed by atoms with Gasteiger partial charge in [-0.15, -0.1) is 0 Å². The van der Waals surface area contributed by atoms with Crippen LogP contribution in [0.2, 0.25) is 0 Å². The first-order valence-corrected chi connectivity index (χ1v) is 9.61. The van der Waals surface area contributed by atoms with E-state index in [1.807, 2.05) is 31.2 Å². The van der Waals surface area contributed by atoms with Crippen molar-refractivity contribution in [3.05, 3.63) is 95.3 Å². The van der Waals surface area contributed by atoms with Crippen LogP contribution < -0.4 is 15.5 Å². The maximum atomic E-state index is 13.6. The first-order valence-electron chi connectivity index (χ1n) is 9.61. The third-order valence-corrected chi connectivity index (χ3v) is 4.45. The van der Waals surface area contributed by atoms with Gasteiger partial charge in [-0.05, 0) is 61.4 Å². The maximum absolute atomic E-state index is 13.6. The number of para-hydroxylation sites is 1. The van der Waals surface area contributed by atoms with E-state index < -0.39 is 17.6 Å². The summed E-state index contributed by atoms with van der Waals surface area (Å²) in [5, 5.41) is 6.13. The summed E-state index contributed by atoms with van der Waals surface area (Å²) >= 11 is 0. The SMILES string of the molecule is CC(=NNC(=O)C(=O)Nc1ccccc1F)c1ccc(OCc2ccc(C)cc2)cc1. The molecule has 3 rings (SSSR count). The van der Waals surface area contributed by atoms with E-state index in [-0.39, 0.29) is 5.69 Å². The number of hydrogen-bond donors (Lipinski definition) is 2. The van der Waals surface area contributed by atoms with Gasteiger partial charge in [0.15, 0.2) is 0 Å². The van der Waals surface area contributed by atoms with Crippen molar-refractivity contribution in [3.8, 4) is 5.75 Å². The fourth-order valence-corrected chi connectivity index (χ4v) is 2.63. The van der Waals surface area contributed by atoms with E-state index >= 15 is 0 Å². The van der Waals surface area contributed by atoms with Crippen LogP contribution in [0.15, 0.2) is 77.9 Å². The lowest BCUT2D eigenvalue weighted by atomic mass is 10.1. The molecule has 0 aliphatic carbocycles. The normalized spacial score (nSPS) is 11.0. The molecule has 2 N–H and O–H groups in total. The summed E-state index contributed by atoms with van der Waals surface area (Å²) in [6, 6.07) is 20.9. The van der Waals surface area contributed by atoms with Gasteiger partial charge in [0, 0.05) is 0 Å². The van der Waals surface area contributed by atoms with Gasteiger partial charge in [0.25, 0.3) is 0 Å². The average molecular weight is 419 g/mol. The second-order valence-electron chi connectivity index (χ2n) is 6.87. The minimum atomic E-state index is -1.01. The molecule has 0 saturated carbocycles. The largest absolute Gasteiger partial charge is 0.489 e. The number of nitrogens with one attached hydrogen (secondary N) is 2. The van der Waals surface area contributed by atoms with Crippen LogP contribution in [0.25, 0.3) is 0 Å². The Labute approximate surface area is 179 Å². The lowest BCUT2D eigenvalue weighted by Gasteiger charge is -2.08. The van der Waals surface area contributed by atoms with Crippen LogP contribution in [-0.4, -0.2) is 17.5 Å². The molecule has 0 spiro atoms. The fraction of sp³-hybridized carbons (Fsp3) is 0.125. The van der Waals surface area contributed by atoms with Crippen molar-refractivity contribution in [3.63, 3.8) is 0 Å². The second kappa shape index (κ2) is 10.2. The number of hydrazone groups is 1. The van der Waals surface area contributed by atoms with E-state index in [0.29, 0.717) is 18.1 Å². The van der Waals surface area contributed by atoms with Gasteiger partial charge in [0.2, 0.25) is 0 Å². The Kier molecular flexibility index (Phi) is 7.11. The number of benzene rings is 3. The van der Waals surface area contributed by atoms with Gasteiger partial charge in [-0.3, -0.25) is 9.59 Å². The van der Waals surface area contributed by atoms with Crippen molar-refractivity contribution in [1.29, 1.82) is 0 Å². The number of carbonyl (C=O) groups excluding carboxylic acids is 2. The van der Waals surface area contributed by atoms with E-state index in [9.17, 15) is 14.0 Å². The van der Waals surface area contributed by atoms with E-state index in [1.54, 1.807) is 37.3 Å². The molecule has 0 saturated heterocycles. The van der Waals surface area contributed by atoms with E-state index in [4.69, 9.17) is 4.74 Å². The predicted octanol–water partition coefficient (Wildman–Crippen LogP) is 4.19. The van der Waals surface area contributed by atoms with Crippen molar-refractivity contribution in [2.45, 2.75) is 20.5 Å². The van der Waals surface area contributed by atoms with Gasteiger partial charge in [-0.1, -0.05) is 42.0 Å². The summed E-state index contributed by atoms with van der Waals surface area (Å²) in [7, 11) is 0. The molecule has 3 aromatic rings. The molecular formula is C24H22FN3O3. The van der Waals surface area contributed by atoms with Crippen molar-refractivity contribution >= 4 is 23.2 Å². The van der Waals surface area contributed by atoms with Crippen molar-refractivity contribution in [1.82, 2.24) is 5.43 Å². The highest BCUT2D eigenvalue weighted by Gasteiger charge is 2.15. The van der Waals surface area contributed by atoms with E-state index in [0.717, 1.165) is 11.1 Å². The lowest BCUT2D eigenvalue weighted by Crippen LogP contribution is -2.33. The molecule has 0 aliphatic rings. The van der Waals surface area contributed by atoms with Crippen LogP contribution in [0.5, 0.6) is 5.75 Å².